The number of benzene rings is 1. The van der Waals surface area contributed by atoms with Crippen molar-refractivity contribution in [3.8, 4) is 11.5 Å². The van der Waals surface area contributed by atoms with Gasteiger partial charge < -0.3 is 24.5 Å². The Morgan fingerprint density at radius 1 is 1.08 bits per heavy atom. The summed E-state index contributed by atoms with van der Waals surface area (Å²) < 4.78 is 23.6. The van der Waals surface area contributed by atoms with E-state index in [1.54, 1.807) is 0 Å². The van der Waals surface area contributed by atoms with Crippen molar-refractivity contribution in [3.63, 3.8) is 0 Å². The van der Waals surface area contributed by atoms with E-state index < -0.39 is 7.12 Å². The topological polar surface area (TPSA) is 62.9 Å². The van der Waals surface area contributed by atoms with Crippen molar-refractivity contribution >= 4 is 13.2 Å². The molecule has 0 bridgehead atoms. The van der Waals surface area contributed by atoms with Crippen LogP contribution in [0.2, 0.25) is 0 Å². The van der Waals surface area contributed by atoms with Gasteiger partial charge in [0, 0.05) is 13.0 Å². The van der Waals surface area contributed by atoms with Gasteiger partial charge in [-0.3, -0.25) is 0 Å². The van der Waals surface area contributed by atoms with Gasteiger partial charge in [-0.05, 0) is 50.9 Å². The summed E-state index contributed by atoms with van der Waals surface area (Å²) in [5.41, 5.74) is 7.10. The molecule has 1 fully saturated rings. The highest BCUT2D eigenvalue weighted by Crippen LogP contribution is 2.39. The Kier molecular flexibility index (Phi) is 4.64. The molecule has 0 aliphatic carbocycles. The predicted molar refractivity (Wildman–Crippen MR) is 95.2 cm³/mol. The molecule has 0 amide bonds. The average molecular weight is 331 g/mol. The molecule has 0 saturated carbocycles. The molecule has 24 heavy (non-hydrogen) atoms. The van der Waals surface area contributed by atoms with Gasteiger partial charge >= 0.3 is 7.12 Å². The fraction of sp³-hybridized carbons (Fsp3) is 0.556. The second-order valence-corrected chi connectivity index (χ2v) is 7.27. The number of ether oxygens (including phenoxy) is 2. The fourth-order valence-electron chi connectivity index (χ4n) is 2.70. The average Bonchev–Trinajstić information content (AvgIpc) is 2.69. The number of rotatable bonds is 3. The lowest BCUT2D eigenvalue weighted by atomic mass is 9.77. The molecule has 2 heterocycles. The Morgan fingerprint density at radius 2 is 1.71 bits per heavy atom. The summed E-state index contributed by atoms with van der Waals surface area (Å²) >= 11 is 0. The zero-order valence-electron chi connectivity index (χ0n) is 14.9. The second kappa shape index (κ2) is 6.43. The number of hydrogen-bond donors (Lipinski definition) is 1. The van der Waals surface area contributed by atoms with Crippen molar-refractivity contribution < 1.29 is 18.8 Å². The highest BCUT2D eigenvalue weighted by molar-refractivity contribution is 6.55. The van der Waals surface area contributed by atoms with Gasteiger partial charge in [-0.25, -0.2) is 0 Å². The summed E-state index contributed by atoms with van der Waals surface area (Å²) in [7, 11) is -0.434. The zero-order chi connectivity index (χ0) is 17.4. The molecule has 1 aromatic rings. The minimum atomic E-state index is -0.434. The Balaban J connectivity index is 1.85. The van der Waals surface area contributed by atoms with E-state index in [2.05, 4.69) is 0 Å². The minimum absolute atomic E-state index is 0.366. The molecule has 0 atom stereocenters. The Morgan fingerprint density at radius 3 is 2.33 bits per heavy atom. The van der Waals surface area contributed by atoms with Crippen molar-refractivity contribution in [2.24, 2.45) is 5.73 Å². The van der Waals surface area contributed by atoms with Crippen LogP contribution in [0.15, 0.2) is 23.7 Å². The first-order chi connectivity index (χ1) is 11.3. The van der Waals surface area contributed by atoms with E-state index in [-0.39, 0.29) is 11.2 Å². The SMILES string of the molecule is CC1(C)OB(C(=Cc2ccc3c(c2)OCCCO3)CN)OC1(C)C. The highest BCUT2D eigenvalue weighted by atomic mass is 16.7. The van der Waals surface area contributed by atoms with Crippen LogP contribution in [0.5, 0.6) is 11.5 Å². The smallest absolute Gasteiger partial charge is 0.490 e. The first-order valence-corrected chi connectivity index (χ1v) is 8.48. The lowest BCUT2D eigenvalue weighted by Crippen LogP contribution is -2.41. The molecular weight excluding hydrogens is 305 g/mol. The predicted octanol–water partition coefficient (Wildman–Crippen LogP) is 2.82. The van der Waals surface area contributed by atoms with Crippen LogP contribution >= 0.6 is 0 Å². The van der Waals surface area contributed by atoms with Gasteiger partial charge in [0.1, 0.15) is 0 Å². The van der Waals surface area contributed by atoms with Crippen LogP contribution in [-0.2, 0) is 9.31 Å². The summed E-state index contributed by atoms with van der Waals surface area (Å²) in [6.07, 6.45) is 2.90. The van der Waals surface area contributed by atoms with Gasteiger partial charge in [0.2, 0.25) is 0 Å². The Bertz CT molecular complexity index is 626. The second-order valence-electron chi connectivity index (χ2n) is 7.27. The molecule has 0 unspecified atom stereocenters. The molecule has 1 saturated heterocycles. The largest absolute Gasteiger partial charge is 0.491 e. The van der Waals surface area contributed by atoms with Crippen LogP contribution in [0.3, 0.4) is 0 Å². The number of hydrogen-bond acceptors (Lipinski definition) is 5. The highest BCUT2D eigenvalue weighted by Gasteiger charge is 2.52. The van der Waals surface area contributed by atoms with E-state index >= 15 is 0 Å². The minimum Gasteiger partial charge on any atom is -0.490 e. The van der Waals surface area contributed by atoms with Gasteiger partial charge in [0.25, 0.3) is 0 Å². The van der Waals surface area contributed by atoms with Gasteiger partial charge in [-0.1, -0.05) is 12.1 Å². The molecule has 1 aromatic carbocycles. The van der Waals surface area contributed by atoms with Crippen molar-refractivity contribution in [3.05, 3.63) is 29.2 Å². The fourth-order valence-corrected chi connectivity index (χ4v) is 2.70. The summed E-state index contributed by atoms with van der Waals surface area (Å²) in [6.45, 7) is 9.86. The quantitative estimate of drug-likeness (QED) is 0.863. The van der Waals surface area contributed by atoms with Crippen LogP contribution in [0.4, 0.5) is 0 Å². The lowest BCUT2D eigenvalue weighted by Gasteiger charge is -2.32. The lowest BCUT2D eigenvalue weighted by molar-refractivity contribution is 0.00578. The molecule has 6 heteroatoms. The van der Waals surface area contributed by atoms with Crippen LogP contribution < -0.4 is 15.2 Å². The summed E-state index contributed by atoms with van der Waals surface area (Å²) in [5.74, 6) is 1.56. The number of nitrogens with two attached hydrogens (primary N) is 1. The maximum atomic E-state index is 6.10. The van der Waals surface area contributed by atoms with E-state index in [9.17, 15) is 0 Å². The van der Waals surface area contributed by atoms with E-state index in [1.165, 1.54) is 0 Å². The van der Waals surface area contributed by atoms with Crippen LogP contribution in [0, 0.1) is 0 Å². The summed E-state index contributed by atoms with van der Waals surface area (Å²) in [5, 5.41) is 0. The molecule has 0 radical (unpaired) electrons. The third-order valence-electron chi connectivity index (χ3n) is 4.92. The van der Waals surface area contributed by atoms with Crippen molar-refractivity contribution in [2.75, 3.05) is 19.8 Å². The normalized spacial score (nSPS) is 22.4. The van der Waals surface area contributed by atoms with Crippen LogP contribution in [-0.4, -0.2) is 38.1 Å². The third-order valence-corrected chi connectivity index (χ3v) is 4.92. The van der Waals surface area contributed by atoms with Gasteiger partial charge in [0.15, 0.2) is 11.5 Å². The maximum Gasteiger partial charge on any atom is 0.491 e. The molecule has 2 aliphatic heterocycles. The van der Waals surface area contributed by atoms with Crippen molar-refractivity contribution in [1.82, 2.24) is 0 Å². The van der Waals surface area contributed by atoms with E-state index in [0.717, 1.165) is 29.0 Å². The van der Waals surface area contributed by atoms with Crippen molar-refractivity contribution in [1.29, 1.82) is 0 Å². The molecule has 0 aromatic heterocycles. The Labute approximate surface area is 144 Å². The monoisotopic (exact) mass is 331 g/mol. The third kappa shape index (κ3) is 3.32. The summed E-state index contributed by atoms with van der Waals surface area (Å²) in [6, 6.07) is 5.90. The van der Waals surface area contributed by atoms with E-state index in [4.69, 9.17) is 24.5 Å². The van der Waals surface area contributed by atoms with Gasteiger partial charge in [-0.15, -0.1) is 0 Å². The van der Waals surface area contributed by atoms with Crippen LogP contribution in [0.1, 0.15) is 39.7 Å². The molecule has 2 aliphatic rings. The molecule has 3 rings (SSSR count). The van der Waals surface area contributed by atoms with Gasteiger partial charge in [0.05, 0.1) is 24.4 Å². The van der Waals surface area contributed by atoms with E-state index in [0.29, 0.717) is 19.8 Å². The molecule has 130 valence electrons. The summed E-state index contributed by atoms with van der Waals surface area (Å²) in [4.78, 5) is 0. The van der Waals surface area contributed by atoms with Crippen LogP contribution in [0.25, 0.3) is 6.08 Å². The molecule has 5 nitrogen and oxygen atoms in total. The molecule has 0 spiro atoms. The molecular formula is C18H26BNO4. The zero-order valence-corrected chi connectivity index (χ0v) is 14.9. The standard InChI is InChI=1S/C18H26BNO4/c1-17(2)18(3,4)24-19(23-17)14(12-20)10-13-6-7-15-16(11-13)22-9-5-8-21-15/h6-7,10-11H,5,8-9,12,20H2,1-4H3. The number of fused-ring (bicyclic) bond motifs is 1. The first-order valence-electron chi connectivity index (χ1n) is 8.48. The van der Waals surface area contributed by atoms with Gasteiger partial charge in [-0.2, -0.15) is 0 Å². The van der Waals surface area contributed by atoms with Crippen molar-refractivity contribution in [2.45, 2.75) is 45.3 Å². The van der Waals surface area contributed by atoms with E-state index in [1.807, 2.05) is 52.0 Å². The Hall–Kier alpha value is -1.50. The molecule has 2 N–H and O–H groups in total. The maximum absolute atomic E-state index is 6.10. The first kappa shape index (κ1) is 17.3.